The Morgan fingerprint density at radius 1 is 0.833 bits per heavy atom. The molecule has 0 saturated heterocycles. The number of rotatable bonds is 1. The molecule has 0 aliphatic rings. The summed E-state index contributed by atoms with van der Waals surface area (Å²) in [6.45, 7) is 20.8. The van der Waals surface area contributed by atoms with Crippen molar-refractivity contribution in [2.75, 3.05) is 0 Å². The summed E-state index contributed by atoms with van der Waals surface area (Å²) in [5, 5.41) is 0. The van der Waals surface area contributed by atoms with E-state index in [1.165, 1.54) is 22.3 Å². The molecule has 1 rings (SSSR count). The molecule has 0 aliphatic carbocycles. The highest BCUT2D eigenvalue weighted by Gasteiger charge is 2.27. The topological polar surface area (TPSA) is 0 Å². The molecule has 0 unspecified atom stereocenters. The molecule has 0 saturated carbocycles. The van der Waals surface area contributed by atoms with E-state index < -0.39 is 0 Å². The van der Waals surface area contributed by atoms with E-state index in [4.69, 9.17) is 0 Å². The van der Waals surface area contributed by atoms with Crippen LogP contribution < -0.4 is 0 Å². The molecule has 0 atom stereocenters. The molecule has 0 fully saturated rings. The Bertz CT molecular complexity index is 437. The van der Waals surface area contributed by atoms with Gasteiger partial charge in [0.15, 0.2) is 0 Å². The number of hydrogen-bond acceptors (Lipinski definition) is 0. The quantitative estimate of drug-likeness (QED) is 0.617. The highest BCUT2D eigenvalue weighted by atomic mass is 14.3. The Labute approximate surface area is 114 Å². The molecule has 0 spiro atoms. The molecule has 1 aromatic carbocycles. The highest BCUT2D eigenvalue weighted by molar-refractivity contribution is 5.50. The summed E-state index contributed by atoms with van der Waals surface area (Å²) in [7, 11) is 0. The van der Waals surface area contributed by atoms with Crippen LogP contribution in [0, 0.1) is 13.8 Å². The Balaban J connectivity index is 3.71. The van der Waals surface area contributed by atoms with Gasteiger partial charge in [0.2, 0.25) is 0 Å². The van der Waals surface area contributed by atoms with Gasteiger partial charge < -0.3 is 0 Å². The monoisotopic (exact) mass is 246 g/mol. The van der Waals surface area contributed by atoms with Crippen molar-refractivity contribution < 1.29 is 0 Å². The van der Waals surface area contributed by atoms with Crippen molar-refractivity contribution in [1.82, 2.24) is 0 Å². The molecule has 0 heteroatoms. The van der Waals surface area contributed by atoms with Crippen LogP contribution in [0.25, 0.3) is 0 Å². The van der Waals surface area contributed by atoms with Gasteiger partial charge in [0.1, 0.15) is 0 Å². The molecule has 0 radical (unpaired) electrons. The van der Waals surface area contributed by atoms with Crippen molar-refractivity contribution >= 4 is 0 Å². The van der Waals surface area contributed by atoms with Gasteiger partial charge in [0.25, 0.3) is 0 Å². The summed E-state index contributed by atoms with van der Waals surface area (Å²) >= 11 is 0. The molecule has 102 valence electrons. The van der Waals surface area contributed by atoms with Crippen LogP contribution in [-0.2, 0) is 17.3 Å². The lowest BCUT2D eigenvalue weighted by Gasteiger charge is -2.32. The molecule has 18 heavy (non-hydrogen) atoms. The van der Waals surface area contributed by atoms with E-state index in [-0.39, 0.29) is 10.8 Å². The second kappa shape index (κ2) is 4.72. The maximum absolute atomic E-state index is 2.41. The SMILES string of the molecule is CCc1cc(C)c(C(C)(C)C)c(C)c1C(C)(C)C. The van der Waals surface area contributed by atoms with E-state index in [1.54, 1.807) is 5.56 Å². The molecular weight excluding hydrogens is 216 g/mol. The third-order valence-electron chi connectivity index (χ3n) is 3.74. The zero-order chi connectivity index (χ0) is 14.3. The number of aryl methyl sites for hydroxylation is 2. The highest BCUT2D eigenvalue weighted by Crippen LogP contribution is 2.38. The van der Waals surface area contributed by atoms with E-state index in [0.29, 0.717) is 0 Å². The predicted molar refractivity (Wildman–Crippen MR) is 82.7 cm³/mol. The van der Waals surface area contributed by atoms with Crippen molar-refractivity contribution in [3.8, 4) is 0 Å². The fourth-order valence-electron chi connectivity index (χ4n) is 3.54. The van der Waals surface area contributed by atoms with Gasteiger partial charge in [-0.2, -0.15) is 0 Å². The van der Waals surface area contributed by atoms with E-state index in [1.807, 2.05) is 0 Å². The third-order valence-corrected chi connectivity index (χ3v) is 3.74. The Morgan fingerprint density at radius 2 is 1.28 bits per heavy atom. The lowest BCUT2D eigenvalue weighted by Crippen LogP contribution is -2.22. The van der Waals surface area contributed by atoms with Crippen LogP contribution in [0.15, 0.2) is 6.07 Å². The van der Waals surface area contributed by atoms with Crippen LogP contribution in [0.4, 0.5) is 0 Å². The second-order valence-corrected chi connectivity index (χ2v) is 7.58. The zero-order valence-electron chi connectivity index (χ0n) is 13.8. The van der Waals surface area contributed by atoms with Crippen LogP contribution in [0.1, 0.15) is 76.3 Å². The zero-order valence-corrected chi connectivity index (χ0v) is 13.8. The van der Waals surface area contributed by atoms with Gasteiger partial charge in [-0.05, 0) is 58.9 Å². The minimum atomic E-state index is 0.223. The summed E-state index contributed by atoms with van der Waals surface area (Å²) in [5.74, 6) is 0. The van der Waals surface area contributed by atoms with E-state index >= 15 is 0 Å². The number of benzene rings is 1. The van der Waals surface area contributed by atoms with Crippen molar-refractivity contribution in [2.45, 2.75) is 79.6 Å². The van der Waals surface area contributed by atoms with Gasteiger partial charge in [-0.15, -0.1) is 0 Å². The van der Waals surface area contributed by atoms with Crippen molar-refractivity contribution in [3.63, 3.8) is 0 Å². The van der Waals surface area contributed by atoms with Gasteiger partial charge in [-0.25, -0.2) is 0 Å². The van der Waals surface area contributed by atoms with Crippen LogP contribution in [0.3, 0.4) is 0 Å². The van der Waals surface area contributed by atoms with Gasteiger partial charge in [0.05, 0.1) is 0 Å². The largest absolute Gasteiger partial charge is 0.0613 e. The maximum atomic E-state index is 2.41. The molecule has 0 heterocycles. The third kappa shape index (κ3) is 2.79. The predicted octanol–water partition coefficient (Wildman–Crippen LogP) is 5.46. The lowest BCUT2D eigenvalue weighted by atomic mass is 9.72. The summed E-state index contributed by atoms with van der Waals surface area (Å²) in [6.07, 6.45) is 1.12. The smallest absolute Gasteiger partial charge is 0.0126 e. The van der Waals surface area contributed by atoms with Gasteiger partial charge >= 0.3 is 0 Å². The minimum absolute atomic E-state index is 0.223. The first-order valence-electron chi connectivity index (χ1n) is 7.14. The van der Waals surface area contributed by atoms with Crippen LogP contribution in [0.2, 0.25) is 0 Å². The molecule has 0 amide bonds. The first kappa shape index (κ1) is 15.3. The molecule has 0 N–H and O–H groups in total. The first-order chi connectivity index (χ1) is 8.00. The van der Waals surface area contributed by atoms with Crippen molar-refractivity contribution in [1.29, 1.82) is 0 Å². The maximum Gasteiger partial charge on any atom is -0.0126 e. The molecule has 0 aromatic heterocycles. The number of hydrogen-bond donors (Lipinski definition) is 0. The fourth-order valence-corrected chi connectivity index (χ4v) is 3.54. The van der Waals surface area contributed by atoms with Crippen molar-refractivity contribution in [3.05, 3.63) is 33.9 Å². The first-order valence-corrected chi connectivity index (χ1v) is 7.14. The van der Waals surface area contributed by atoms with E-state index in [2.05, 4.69) is 68.4 Å². The summed E-state index contributed by atoms with van der Waals surface area (Å²) in [4.78, 5) is 0. The molecule has 1 aromatic rings. The summed E-state index contributed by atoms with van der Waals surface area (Å²) in [5.41, 5.74) is 8.01. The Hall–Kier alpha value is -0.780. The summed E-state index contributed by atoms with van der Waals surface area (Å²) < 4.78 is 0. The van der Waals surface area contributed by atoms with E-state index in [9.17, 15) is 0 Å². The molecule has 0 bridgehead atoms. The Kier molecular flexibility index (Phi) is 4.00. The molecule has 0 aliphatic heterocycles. The van der Waals surface area contributed by atoms with E-state index in [0.717, 1.165) is 6.42 Å². The van der Waals surface area contributed by atoms with Crippen LogP contribution in [-0.4, -0.2) is 0 Å². The lowest BCUT2D eigenvalue weighted by molar-refractivity contribution is 0.553. The summed E-state index contributed by atoms with van der Waals surface area (Å²) in [6, 6.07) is 2.41. The van der Waals surface area contributed by atoms with Gasteiger partial charge in [-0.1, -0.05) is 54.5 Å². The molecular formula is C18H30. The Morgan fingerprint density at radius 3 is 1.61 bits per heavy atom. The molecule has 0 nitrogen and oxygen atoms in total. The normalized spacial score (nSPS) is 12.9. The average molecular weight is 246 g/mol. The van der Waals surface area contributed by atoms with Gasteiger partial charge in [-0.3, -0.25) is 0 Å². The average Bonchev–Trinajstić information content (AvgIpc) is 2.11. The van der Waals surface area contributed by atoms with Crippen molar-refractivity contribution in [2.24, 2.45) is 0 Å². The standard InChI is InChI=1S/C18H30/c1-10-14-11-12(2)15(17(4,5)6)13(3)16(14)18(7,8)9/h11H,10H2,1-9H3. The van der Waals surface area contributed by atoms with Crippen LogP contribution >= 0.6 is 0 Å². The van der Waals surface area contributed by atoms with Crippen LogP contribution in [0.5, 0.6) is 0 Å². The minimum Gasteiger partial charge on any atom is -0.0613 e. The fraction of sp³-hybridized carbons (Fsp3) is 0.667. The second-order valence-electron chi connectivity index (χ2n) is 7.58. The van der Waals surface area contributed by atoms with Gasteiger partial charge in [0, 0.05) is 0 Å².